The van der Waals surface area contributed by atoms with Crippen molar-refractivity contribution in [1.29, 1.82) is 0 Å². The molecule has 6 nitrogen and oxygen atoms in total. The molecule has 8 heteroatoms. The molecular formula is C26H33N3O3S2. The summed E-state index contributed by atoms with van der Waals surface area (Å²) in [4.78, 5) is 24.2. The SMILES string of the molecule is C=CCN1C(=O)/C(=C/c2ccc(OCCCCCCCC)c(OC)c2)S/C1=N/c1nc(C)cs1. The number of hydrogen-bond donors (Lipinski definition) is 0. The highest BCUT2D eigenvalue weighted by Gasteiger charge is 2.33. The molecule has 0 spiro atoms. The molecule has 2 heterocycles. The summed E-state index contributed by atoms with van der Waals surface area (Å²) in [6.07, 6.45) is 10.9. The number of aromatic nitrogens is 1. The first-order valence-corrected chi connectivity index (χ1v) is 13.4. The molecule has 0 atom stereocenters. The Morgan fingerprint density at radius 1 is 1.18 bits per heavy atom. The summed E-state index contributed by atoms with van der Waals surface area (Å²) in [6.45, 7) is 8.98. The summed E-state index contributed by atoms with van der Waals surface area (Å²) in [5.41, 5.74) is 1.78. The first kappa shape index (κ1) is 26.0. The first-order valence-electron chi connectivity index (χ1n) is 11.7. The maximum Gasteiger partial charge on any atom is 0.267 e. The van der Waals surface area contributed by atoms with Crippen LogP contribution in [0.4, 0.5) is 5.13 Å². The van der Waals surface area contributed by atoms with Crippen LogP contribution in [0.5, 0.6) is 11.5 Å². The highest BCUT2D eigenvalue weighted by molar-refractivity contribution is 8.18. The van der Waals surface area contributed by atoms with Gasteiger partial charge in [-0.1, -0.05) is 51.2 Å². The van der Waals surface area contributed by atoms with Gasteiger partial charge in [-0.3, -0.25) is 9.69 Å². The number of carbonyl (C=O) groups excluding carboxylic acids is 1. The lowest BCUT2D eigenvalue weighted by atomic mass is 10.1. The molecule has 0 saturated carbocycles. The predicted molar refractivity (Wildman–Crippen MR) is 143 cm³/mol. The van der Waals surface area contributed by atoms with E-state index in [-0.39, 0.29) is 5.91 Å². The number of aliphatic imine (C=N–C) groups is 1. The van der Waals surface area contributed by atoms with Crippen molar-refractivity contribution in [2.24, 2.45) is 4.99 Å². The summed E-state index contributed by atoms with van der Waals surface area (Å²) in [7, 11) is 1.63. The first-order chi connectivity index (χ1) is 16.5. The van der Waals surface area contributed by atoms with Gasteiger partial charge in [-0.2, -0.15) is 4.99 Å². The molecule has 1 aliphatic rings. The van der Waals surface area contributed by atoms with Gasteiger partial charge in [0.25, 0.3) is 5.91 Å². The van der Waals surface area contributed by atoms with Crippen molar-refractivity contribution >= 4 is 45.4 Å². The van der Waals surface area contributed by atoms with Crippen LogP contribution in [0.1, 0.15) is 56.7 Å². The van der Waals surface area contributed by atoms with Gasteiger partial charge in [0.2, 0.25) is 5.13 Å². The summed E-state index contributed by atoms with van der Waals surface area (Å²) in [6, 6.07) is 5.74. The summed E-state index contributed by atoms with van der Waals surface area (Å²) < 4.78 is 11.5. The molecule has 0 unspecified atom stereocenters. The molecule has 3 rings (SSSR count). The number of carbonyl (C=O) groups is 1. The van der Waals surface area contributed by atoms with E-state index in [1.54, 1.807) is 18.1 Å². The van der Waals surface area contributed by atoms with Crippen LogP contribution in [0.2, 0.25) is 0 Å². The molecule has 182 valence electrons. The topological polar surface area (TPSA) is 64.0 Å². The summed E-state index contributed by atoms with van der Waals surface area (Å²) in [5, 5.41) is 3.19. The van der Waals surface area contributed by atoms with Crippen molar-refractivity contribution in [2.75, 3.05) is 20.3 Å². The fourth-order valence-electron chi connectivity index (χ4n) is 3.47. The molecule has 34 heavy (non-hydrogen) atoms. The third kappa shape index (κ3) is 7.21. The maximum absolute atomic E-state index is 13.0. The van der Waals surface area contributed by atoms with Crippen LogP contribution in [0, 0.1) is 6.92 Å². The Kier molecular flexibility index (Phi) is 10.2. The average molecular weight is 500 g/mol. The minimum Gasteiger partial charge on any atom is -0.493 e. The zero-order valence-electron chi connectivity index (χ0n) is 20.2. The molecule has 0 N–H and O–H groups in total. The van der Waals surface area contributed by atoms with Gasteiger partial charge in [0.05, 0.1) is 24.3 Å². The van der Waals surface area contributed by atoms with Gasteiger partial charge in [0, 0.05) is 11.9 Å². The summed E-state index contributed by atoms with van der Waals surface area (Å²) in [5.74, 6) is 1.28. The monoisotopic (exact) mass is 499 g/mol. The Hall–Kier alpha value is -2.58. The molecule has 0 radical (unpaired) electrons. The predicted octanol–water partition coefficient (Wildman–Crippen LogP) is 6.99. The largest absolute Gasteiger partial charge is 0.493 e. The molecule has 0 bridgehead atoms. The van der Waals surface area contributed by atoms with Crippen LogP contribution >= 0.6 is 23.1 Å². The van der Waals surface area contributed by atoms with Crippen molar-refractivity contribution in [3.8, 4) is 11.5 Å². The third-order valence-corrected chi connectivity index (χ3v) is 7.10. The quantitative estimate of drug-likeness (QED) is 0.169. The molecule has 1 amide bonds. The fourth-order valence-corrected chi connectivity index (χ4v) is 5.18. The number of benzene rings is 1. The molecule has 1 saturated heterocycles. The van der Waals surface area contributed by atoms with Crippen molar-refractivity contribution in [2.45, 2.75) is 52.4 Å². The molecular weight excluding hydrogens is 466 g/mol. The van der Waals surface area contributed by atoms with E-state index in [0.717, 1.165) is 23.4 Å². The Balaban J connectivity index is 1.69. The standard InChI is InChI=1S/C26H33N3O3S2/c1-5-7-8-9-10-11-15-32-21-13-12-20(16-22(21)31-4)17-23-24(30)29(14-6-2)26(34-23)28-25-27-19(3)18-33-25/h6,12-13,16-18H,2,5,7-11,14-15H2,1,3-4H3/b23-17-,28-26+. The number of unbranched alkanes of at least 4 members (excludes halogenated alkanes) is 5. The number of ether oxygens (including phenoxy) is 2. The number of thioether (sulfide) groups is 1. The molecule has 1 aromatic carbocycles. The minimum atomic E-state index is -0.0979. The number of rotatable bonds is 13. The van der Waals surface area contributed by atoms with Gasteiger partial charge in [-0.15, -0.1) is 17.9 Å². The number of hydrogen-bond acceptors (Lipinski definition) is 7. The number of amides is 1. The van der Waals surface area contributed by atoms with E-state index < -0.39 is 0 Å². The van der Waals surface area contributed by atoms with E-state index in [4.69, 9.17) is 9.47 Å². The second-order valence-corrected chi connectivity index (χ2v) is 9.85. The molecule has 1 aliphatic heterocycles. The molecule has 1 fully saturated rings. The van der Waals surface area contributed by atoms with Gasteiger partial charge in [0.15, 0.2) is 16.7 Å². The van der Waals surface area contributed by atoms with E-state index >= 15 is 0 Å². The van der Waals surface area contributed by atoms with Crippen LogP contribution < -0.4 is 9.47 Å². The number of methoxy groups -OCH3 is 1. The Morgan fingerprint density at radius 2 is 1.97 bits per heavy atom. The zero-order chi connectivity index (χ0) is 24.3. The van der Waals surface area contributed by atoms with Crippen molar-refractivity contribution in [1.82, 2.24) is 9.88 Å². The third-order valence-electron chi connectivity index (χ3n) is 5.24. The van der Waals surface area contributed by atoms with E-state index in [0.29, 0.717) is 34.1 Å². The van der Waals surface area contributed by atoms with E-state index in [9.17, 15) is 4.79 Å². The highest BCUT2D eigenvalue weighted by Crippen LogP contribution is 2.36. The van der Waals surface area contributed by atoms with Crippen LogP contribution in [-0.4, -0.2) is 41.2 Å². The van der Waals surface area contributed by atoms with Gasteiger partial charge < -0.3 is 9.47 Å². The van der Waals surface area contributed by atoms with Gasteiger partial charge >= 0.3 is 0 Å². The normalized spacial score (nSPS) is 16.0. The van der Waals surface area contributed by atoms with E-state index in [2.05, 4.69) is 23.5 Å². The van der Waals surface area contributed by atoms with Crippen molar-refractivity contribution < 1.29 is 14.3 Å². The van der Waals surface area contributed by atoms with Crippen LogP contribution in [0.3, 0.4) is 0 Å². The fraction of sp³-hybridized carbons (Fsp3) is 0.423. The lowest BCUT2D eigenvalue weighted by molar-refractivity contribution is -0.121. The lowest BCUT2D eigenvalue weighted by Crippen LogP contribution is -2.29. The van der Waals surface area contributed by atoms with Crippen LogP contribution in [0.25, 0.3) is 6.08 Å². The van der Waals surface area contributed by atoms with Crippen molar-refractivity contribution in [3.63, 3.8) is 0 Å². The molecule has 0 aliphatic carbocycles. The second-order valence-electron chi connectivity index (χ2n) is 8.01. The van der Waals surface area contributed by atoms with Gasteiger partial charge in [0.1, 0.15) is 0 Å². The van der Waals surface area contributed by atoms with E-state index in [1.807, 2.05) is 36.6 Å². The van der Waals surface area contributed by atoms with Crippen LogP contribution in [-0.2, 0) is 4.79 Å². The number of aryl methyl sites for hydroxylation is 1. The van der Waals surface area contributed by atoms with Gasteiger partial charge in [-0.25, -0.2) is 4.98 Å². The Labute approximate surface area is 210 Å². The second kappa shape index (κ2) is 13.3. The number of nitrogens with zero attached hydrogens (tertiary/aromatic N) is 3. The molecule has 1 aromatic heterocycles. The Bertz CT molecular complexity index is 1050. The zero-order valence-corrected chi connectivity index (χ0v) is 21.8. The molecule has 2 aromatic rings. The van der Waals surface area contributed by atoms with E-state index in [1.165, 1.54) is 55.2 Å². The highest BCUT2D eigenvalue weighted by atomic mass is 32.2. The number of thiazole rings is 1. The smallest absolute Gasteiger partial charge is 0.267 e. The summed E-state index contributed by atoms with van der Waals surface area (Å²) >= 11 is 2.80. The maximum atomic E-state index is 13.0. The van der Waals surface area contributed by atoms with Crippen LogP contribution in [0.15, 0.2) is 46.1 Å². The van der Waals surface area contributed by atoms with Gasteiger partial charge in [-0.05, 0) is 48.9 Å². The van der Waals surface area contributed by atoms with Crippen molar-refractivity contribution in [3.05, 3.63) is 52.4 Å². The average Bonchev–Trinajstić information content (AvgIpc) is 3.37. The number of amidine groups is 1. The minimum absolute atomic E-state index is 0.0979. The lowest BCUT2D eigenvalue weighted by Gasteiger charge is -2.12. The Morgan fingerprint density at radius 3 is 2.68 bits per heavy atom.